The van der Waals surface area contributed by atoms with Gasteiger partial charge in [-0.15, -0.1) is 0 Å². The fourth-order valence-corrected chi connectivity index (χ4v) is 2.70. The Labute approximate surface area is 126 Å². The van der Waals surface area contributed by atoms with Gasteiger partial charge in [-0.1, -0.05) is 11.6 Å². The maximum atomic E-state index is 12.3. The van der Waals surface area contributed by atoms with Gasteiger partial charge in [0.15, 0.2) is 0 Å². The number of anilines is 1. The van der Waals surface area contributed by atoms with E-state index in [1.807, 2.05) is 43.3 Å². The summed E-state index contributed by atoms with van der Waals surface area (Å²) in [5.41, 5.74) is 3.64. The molecule has 0 atom stereocenters. The average molecular weight is 332 g/mol. The molecule has 0 unspecified atom stereocenters. The van der Waals surface area contributed by atoms with Crippen molar-refractivity contribution < 1.29 is 9.53 Å². The third-order valence-corrected chi connectivity index (χ3v) is 4.01. The minimum atomic E-state index is -0.112. The van der Waals surface area contributed by atoms with Gasteiger partial charge in [-0.25, -0.2) is 0 Å². The highest BCUT2D eigenvalue weighted by Gasteiger charge is 2.14. The molecule has 0 spiro atoms. The van der Waals surface area contributed by atoms with Crippen LogP contribution in [0.4, 0.5) is 5.69 Å². The predicted octanol–water partition coefficient (Wildman–Crippen LogP) is 3.94. The Bertz CT molecular complexity index is 682. The molecule has 0 fully saturated rings. The largest absolute Gasteiger partial charge is 0.493 e. The van der Waals surface area contributed by atoms with E-state index in [0.29, 0.717) is 5.56 Å². The molecule has 1 amide bonds. The highest BCUT2D eigenvalue weighted by atomic mass is 79.9. The number of nitrogens with one attached hydrogen (secondary N) is 1. The number of carbonyl (C=O) groups excluding carboxylic acids is 1. The number of ether oxygens (including phenoxy) is 1. The van der Waals surface area contributed by atoms with Crippen molar-refractivity contribution in [2.24, 2.45) is 0 Å². The molecule has 1 aliphatic heterocycles. The first-order valence-electron chi connectivity index (χ1n) is 6.47. The molecule has 0 saturated heterocycles. The second kappa shape index (κ2) is 5.29. The maximum Gasteiger partial charge on any atom is 0.256 e. The van der Waals surface area contributed by atoms with Crippen molar-refractivity contribution >= 4 is 27.5 Å². The lowest BCUT2D eigenvalue weighted by atomic mass is 10.1. The van der Waals surface area contributed by atoms with E-state index in [9.17, 15) is 4.79 Å². The number of benzene rings is 2. The van der Waals surface area contributed by atoms with E-state index < -0.39 is 0 Å². The predicted molar refractivity (Wildman–Crippen MR) is 82.5 cm³/mol. The number of aryl methyl sites for hydroxylation is 1. The number of hydrogen-bond donors (Lipinski definition) is 1. The van der Waals surface area contributed by atoms with Gasteiger partial charge in [0.2, 0.25) is 0 Å². The molecule has 0 bridgehead atoms. The summed E-state index contributed by atoms with van der Waals surface area (Å²) in [5.74, 6) is 0.805. The van der Waals surface area contributed by atoms with Crippen LogP contribution in [0.1, 0.15) is 21.5 Å². The summed E-state index contributed by atoms with van der Waals surface area (Å²) >= 11 is 3.41. The molecule has 2 aromatic carbocycles. The third-order valence-electron chi connectivity index (χ3n) is 3.31. The summed E-state index contributed by atoms with van der Waals surface area (Å²) in [5, 5.41) is 2.93. The molecule has 3 rings (SSSR count). The van der Waals surface area contributed by atoms with Crippen LogP contribution in [0.2, 0.25) is 0 Å². The van der Waals surface area contributed by atoms with Crippen molar-refractivity contribution in [3.8, 4) is 5.75 Å². The first kappa shape index (κ1) is 13.2. The average Bonchev–Trinajstić information content (AvgIpc) is 2.89. The summed E-state index contributed by atoms with van der Waals surface area (Å²) in [6.07, 6.45) is 0.896. The number of rotatable bonds is 2. The second-order valence-corrected chi connectivity index (χ2v) is 5.71. The summed E-state index contributed by atoms with van der Waals surface area (Å²) < 4.78 is 6.25. The molecule has 102 valence electrons. The van der Waals surface area contributed by atoms with Gasteiger partial charge in [-0.05, 0) is 58.7 Å². The van der Waals surface area contributed by atoms with Gasteiger partial charge in [-0.2, -0.15) is 0 Å². The van der Waals surface area contributed by atoms with Crippen LogP contribution in [0.25, 0.3) is 0 Å². The van der Waals surface area contributed by atoms with E-state index in [4.69, 9.17) is 4.74 Å². The van der Waals surface area contributed by atoms with Crippen LogP contribution in [0.3, 0.4) is 0 Å². The highest BCUT2D eigenvalue weighted by molar-refractivity contribution is 9.10. The van der Waals surface area contributed by atoms with Gasteiger partial charge in [0.25, 0.3) is 5.91 Å². The molecular formula is C16H14BrNO2. The van der Waals surface area contributed by atoms with E-state index in [1.165, 1.54) is 0 Å². The van der Waals surface area contributed by atoms with Crippen LogP contribution in [-0.4, -0.2) is 12.5 Å². The smallest absolute Gasteiger partial charge is 0.256 e. The fraction of sp³-hybridized carbons (Fsp3) is 0.188. The lowest BCUT2D eigenvalue weighted by molar-refractivity contribution is 0.102. The molecule has 0 saturated carbocycles. The van der Waals surface area contributed by atoms with Crippen LogP contribution < -0.4 is 10.1 Å². The van der Waals surface area contributed by atoms with Gasteiger partial charge >= 0.3 is 0 Å². The Morgan fingerprint density at radius 2 is 2.10 bits per heavy atom. The lowest BCUT2D eigenvalue weighted by Gasteiger charge is -2.09. The Morgan fingerprint density at radius 3 is 2.95 bits per heavy atom. The molecule has 20 heavy (non-hydrogen) atoms. The Hall–Kier alpha value is -1.81. The Balaban J connectivity index is 1.84. The summed E-state index contributed by atoms with van der Waals surface area (Å²) in [4.78, 5) is 12.3. The lowest BCUT2D eigenvalue weighted by Crippen LogP contribution is -2.12. The number of halogens is 1. The first-order valence-corrected chi connectivity index (χ1v) is 7.26. The molecule has 4 heteroatoms. The number of amides is 1. The number of carbonyl (C=O) groups is 1. The quantitative estimate of drug-likeness (QED) is 0.904. The van der Waals surface area contributed by atoms with Crippen LogP contribution >= 0.6 is 15.9 Å². The van der Waals surface area contributed by atoms with E-state index in [2.05, 4.69) is 21.2 Å². The number of hydrogen-bond acceptors (Lipinski definition) is 2. The van der Waals surface area contributed by atoms with Gasteiger partial charge in [-0.3, -0.25) is 4.79 Å². The van der Waals surface area contributed by atoms with Gasteiger partial charge in [0, 0.05) is 16.6 Å². The van der Waals surface area contributed by atoms with E-state index in [1.54, 1.807) is 0 Å². The van der Waals surface area contributed by atoms with E-state index in [0.717, 1.165) is 40.1 Å². The number of fused-ring (bicyclic) bond motifs is 1. The zero-order valence-corrected chi connectivity index (χ0v) is 12.7. The highest BCUT2D eigenvalue weighted by Crippen LogP contribution is 2.28. The Morgan fingerprint density at radius 1 is 1.25 bits per heavy atom. The van der Waals surface area contributed by atoms with Crippen molar-refractivity contribution in [3.05, 3.63) is 57.6 Å². The second-order valence-electron chi connectivity index (χ2n) is 4.86. The van der Waals surface area contributed by atoms with E-state index >= 15 is 0 Å². The summed E-state index contributed by atoms with van der Waals surface area (Å²) in [6, 6.07) is 11.5. The first-order chi connectivity index (χ1) is 9.63. The van der Waals surface area contributed by atoms with Gasteiger partial charge in [0.05, 0.1) is 12.2 Å². The molecule has 0 aromatic heterocycles. The van der Waals surface area contributed by atoms with Crippen molar-refractivity contribution in [1.29, 1.82) is 0 Å². The van der Waals surface area contributed by atoms with Crippen LogP contribution in [0, 0.1) is 6.92 Å². The molecule has 1 aliphatic rings. The van der Waals surface area contributed by atoms with Crippen LogP contribution in [0.15, 0.2) is 40.9 Å². The molecule has 2 aromatic rings. The fourth-order valence-electron chi connectivity index (χ4n) is 2.28. The summed E-state index contributed by atoms with van der Waals surface area (Å²) in [6.45, 7) is 2.69. The zero-order valence-electron chi connectivity index (χ0n) is 11.1. The van der Waals surface area contributed by atoms with Crippen molar-refractivity contribution in [2.75, 3.05) is 11.9 Å². The minimum absolute atomic E-state index is 0.112. The van der Waals surface area contributed by atoms with Crippen molar-refractivity contribution in [1.82, 2.24) is 0 Å². The molecule has 1 N–H and O–H groups in total. The van der Waals surface area contributed by atoms with Crippen LogP contribution in [0.5, 0.6) is 5.75 Å². The minimum Gasteiger partial charge on any atom is -0.493 e. The molecule has 0 radical (unpaired) electrons. The molecule has 0 aliphatic carbocycles. The van der Waals surface area contributed by atoms with Crippen molar-refractivity contribution in [2.45, 2.75) is 13.3 Å². The van der Waals surface area contributed by atoms with Gasteiger partial charge in [0.1, 0.15) is 5.75 Å². The molecule has 1 heterocycles. The van der Waals surface area contributed by atoms with Crippen LogP contribution in [-0.2, 0) is 6.42 Å². The van der Waals surface area contributed by atoms with E-state index in [-0.39, 0.29) is 5.91 Å². The standard InChI is InChI=1S/C16H14BrNO2/c1-10-2-4-14(17)13(8-10)16(19)18-12-3-5-15-11(9-12)6-7-20-15/h2-5,8-9H,6-7H2,1H3,(H,18,19). The van der Waals surface area contributed by atoms with Gasteiger partial charge < -0.3 is 10.1 Å². The maximum absolute atomic E-state index is 12.3. The summed E-state index contributed by atoms with van der Waals surface area (Å²) in [7, 11) is 0. The molecule has 3 nitrogen and oxygen atoms in total. The normalized spacial score (nSPS) is 12.7. The SMILES string of the molecule is Cc1ccc(Br)c(C(=O)Nc2ccc3c(c2)CCO3)c1. The Kier molecular flexibility index (Phi) is 3.49. The van der Waals surface area contributed by atoms with Crippen molar-refractivity contribution in [3.63, 3.8) is 0 Å². The topological polar surface area (TPSA) is 38.3 Å². The molecular weight excluding hydrogens is 318 g/mol. The monoisotopic (exact) mass is 331 g/mol. The third kappa shape index (κ3) is 2.56. The zero-order chi connectivity index (χ0) is 14.1.